The highest BCUT2D eigenvalue weighted by molar-refractivity contribution is 5.45. The number of aryl methyl sites for hydroxylation is 2. The van der Waals surface area contributed by atoms with Crippen LogP contribution in [0.4, 0.5) is 5.82 Å². The van der Waals surface area contributed by atoms with Gasteiger partial charge in [0.05, 0.1) is 11.4 Å². The largest absolute Gasteiger partial charge is 0.353 e. The minimum absolute atomic E-state index is 0.309. The van der Waals surface area contributed by atoms with E-state index in [1.54, 1.807) is 0 Å². The van der Waals surface area contributed by atoms with Crippen molar-refractivity contribution in [1.29, 1.82) is 0 Å². The highest BCUT2D eigenvalue weighted by Crippen LogP contribution is 2.41. The zero-order chi connectivity index (χ0) is 12.0. The molecular formula is C13H20N4. The van der Waals surface area contributed by atoms with Crippen LogP contribution in [0.2, 0.25) is 0 Å². The van der Waals surface area contributed by atoms with Gasteiger partial charge in [-0.05, 0) is 38.5 Å². The van der Waals surface area contributed by atoms with E-state index in [-0.39, 0.29) is 0 Å². The van der Waals surface area contributed by atoms with Crippen molar-refractivity contribution in [2.24, 2.45) is 17.6 Å². The van der Waals surface area contributed by atoms with E-state index >= 15 is 0 Å². The third-order valence-electron chi connectivity index (χ3n) is 3.99. The first kappa shape index (κ1) is 11.0. The molecule has 17 heavy (non-hydrogen) atoms. The van der Waals surface area contributed by atoms with E-state index in [9.17, 15) is 0 Å². The SMILES string of the molecule is Cc1cnc(C)c(N2C[C@H](C3CC3)[C@@H](N)C2)n1. The zero-order valence-corrected chi connectivity index (χ0v) is 10.6. The summed E-state index contributed by atoms with van der Waals surface area (Å²) in [4.78, 5) is 11.3. The van der Waals surface area contributed by atoms with Crippen molar-refractivity contribution in [1.82, 2.24) is 9.97 Å². The van der Waals surface area contributed by atoms with Crippen LogP contribution in [0.25, 0.3) is 0 Å². The van der Waals surface area contributed by atoms with Gasteiger partial charge in [0.2, 0.25) is 0 Å². The first-order valence-electron chi connectivity index (χ1n) is 6.46. The van der Waals surface area contributed by atoms with Crippen LogP contribution in [0.1, 0.15) is 24.2 Å². The van der Waals surface area contributed by atoms with Crippen LogP contribution >= 0.6 is 0 Å². The minimum atomic E-state index is 0.309. The Kier molecular flexibility index (Phi) is 2.54. The fourth-order valence-corrected chi connectivity index (χ4v) is 2.87. The average Bonchev–Trinajstić information content (AvgIpc) is 3.06. The first-order chi connectivity index (χ1) is 8.15. The number of nitrogens with zero attached hydrogens (tertiary/aromatic N) is 3. The smallest absolute Gasteiger partial charge is 0.150 e. The predicted molar refractivity (Wildman–Crippen MR) is 67.9 cm³/mol. The van der Waals surface area contributed by atoms with E-state index in [4.69, 9.17) is 5.73 Å². The van der Waals surface area contributed by atoms with Gasteiger partial charge in [0.25, 0.3) is 0 Å². The van der Waals surface area contributed by atoms with E-state index in [2.05, 4.69) is 14.9 Å². The lowest BCUT2D eigenvalue weighted by molar-refractivity contribution is 0.456. The Labute approximate surface area is 102 Å². The molecule has 3 rings (SSSR count). The maximum atomic E-state index is 6.25. The summed E-state index contributed by atoms with van der Waals surface area (Å²) in [5, 5.41) is 0. The summed E-state index contributed by atoms with van der Waals surface area (Å²) in [6.45, 7) is 6.01. The fourth-order valence-electron chi connectivity index (χ4n) is 2.87. The number of hydrogen-bond donors (Lipinski definition) is 1. The Hall–Kier alpha value is -1.16. The molecule has 0 radical (unpaired) electrons. The van der Waals surface area contributed by atoms with Gasteiger partial charge in [-0.15, -0.1) is 0 Å². The molecule has 2 atom stereocenters. The lowest BCUT2D eigenvalue weighted by Gasteiger charge is -2.19. The summed E-state index contributed by atoms with van der Waals surface area (Å²) in [5.74, 6) is 2.56. The highest BCUT2D eigenvalue weighted by Gasteiger charge is 2.41. The number of nitrogens with two attached hydrogens (primary N) is 1. The predicted octanol–water partition coefficient (Wildman–Crippen LogP) is 1.27. The van der Waals surface area contributed by atoms with Gasteiger partial charge in [-0.3, -0.25) is 4.98 Å². The monoisotopic (exact) mass is 232 g/mol. The normalized spacial score (nSPS) is 28.8. The second kappa shape index (κ2) is 3.95. The molecule has 0 spiro atoms. The molecular weight excluding hydrogens is 212 g/mol. The number of rotatable bonds is 2. The molecule has 92 valence electrons. The van der Waals surface area contributed by atoms with E-state index in [0.29, 0.717) is 12.0 Å². The van der Waals surface area contributed by atoms with Gasteiger partial charge in [-0.25, -0.2) is 4.98 Å². The van der Waals surface area contributed by atoms with Crippen LogP contribution in [0, 0.1) is 25.7 Å². The Morgan fingerprint density at radius 2 is 2.06 bits per heavy atom. The standard InChI is InChI=1S/C13H20N4/c1-8-5-15-9(2)13(16-8)17-6-11(10-3-4-10)12(14)7-17/h5,10-12H,3-4,6-7,14H2,1-2H3/t11-,12+/m1/s1. The topological polar surface area (TPSA) is 55.0 Å². The van der Waals surface area contributed by atoms with Gasteiger partial charge in [-0.2, -0.15) is 0 Å². The zero-order valence-electron chi connectivity index (χ0n) is 10.6. The lowest BCUT2D eigenvalue weighted by atomic mass is 9.99. The molecule has 2 fully saturated rings. The third-order valence-corrected chi connectivity index (χ3v) is 3.99. The molecule has 1 saturated heterocycles. The minimum Gasteiger partial charge on any atom is -0.353 e. The fraction of sp³-hybridized carbons (Fsp3) is 0.692. The summed E-state index contributed by atoms with van der Waals surface area (Å²) >= 11 is 0. The van der Waals surface area contributed by atoms with Crippen LogP contribution in [-0.4, -0.2) is 29.1 Å². The van der Waals surface area contributed by atoms with Crippen molar-refractivity contribution in [2.75, 3.05) is 18.0 Å². The average molecular weight is 232 g/mol. The molecule has 1 saturated carbocycles. The van der Waals surface area contributed by atoms with Gasteiger partial charge >= 0.3 is 0 Å². The van der Waals surface area contributed by atoms with Crippen molar-refractivity contribution < 1.29 is 0 Å². The van der Waals surface area contributed by atoms with Crippen molar-refractivity contribution in [3.63, 3.8) is 0 Å². The second-order valence-corrected chi connectivity index (χ2v) is 5.49. The van der Waals surface area contributed by atoms with Crippen molar-refractivity contribution in [2.45, 2.75) is 32.7 Å². The maximum absolute atomic E-state index is 6.25. The van der Waals surface area contributed by atoms with Gasteiger partial charge in [-0.1, -0.05) is 0 Å². The van der Waals surface area contributed by atoms with Gasteiger partial charge in [0, 0.05) is 25.3 Å². The van der Waals surface area contributed by atoms with Crippen LogP contribution in [0.5, 0.6) is 0 Å². The maximum Gasteiger partial charge on any atom is 0.150 e. The molecule has 4 nitrogen and oxygen atoms in total. The van der Waals surface area contributed by atoms with E-state index in [1.807, 2.05) is 20.0 Å². The number of aromatic nitrogens is 2. The van der Waals surface area contributed by atoms with Crippen LogP contribution in [0.3, 0.4) is 0 Å². The summed E-state index contributed by atoms with van der Waals surface area (Å²) in [6, 6.07) is 0.309. The van der Waals surface area contributed by atoms with Crippen LogP contribution in [0.15, 0.2) is 6.20 Å². The lowest BCUT2D eigenvalue weighted by Crippen LogP contribution is -2.30. The van der Waals surface area contributed by atoms with E-state index < -0.39 is 0 Å². The van der Waals surface area contributed by atoms with Crippen molar-refractivity contribution in [3.8, 4) is 0 Å². The Morgan fingerprint density at radius 1 is 1.29 bits per heavy atom. The molecule has 0 aromatic carbocycles. The Morgan fingerprint density at radius 3 is 2.76 bits per heavy atom. The molecule has 1 aromatic heterocycles. The summed E-state index contributed by atoms with van der Waals surface area (Å²) in [6.07, 6.45) is 4.56. The van der Waals surface area contributed by atoms with Gasteiger partial charge in [0.15, 0.2) is 0 Å². The molecule has 2 N–H and O–H groups in total. The molecule has 1 aliphatic heterocycles. The second-order valence-electron chi connectivity index (χ2n) is 5.49. The molecule has 0 bridgehead atoms. The summed E-state index contributed by atoms with van der Waals surface area (Å²) < 4.78 is 0. The first-order valence-corrected chi connectivity index (χ1v) is 6.46. The summed E-state index contributed by atoms with van der Waals surface area (Å²) in [7, 11) is 0. The molecule has 1 aromatic rings. The quantitative estimate of drug-likeness (QED) is 0.834. The Balaban J connectivity index is 1.82. The molecule has 2 aliphatic rings. The van der Waals surface area contributed by atoms with Gasteiger partial charge in [0.1, 0.15) is 5.82 Å². The Bertz CT molecular complexity index is 427. The molecule has 1 aliphatic carbocycles. The molecule has 0 unspecified atom stereocenters. The van der Waals surface area contributed by atoms with E-state index in [1.165, 1.54) is 12.8 Å². The van der Waals surface area contributed by atoms with Crippen LogP contribution in [-0.2, 0) is 0 Å². The van der Waals surface area contributed by atoms with E-state index in [0.717, 1.165) is 36.2 Å². The van der Waals surface area contributed by atoms with Gasteiger partial charge < -0.3 is 10.6 Å². The number of anilines is 1. The number of hydrogen-bond acceptors (Lipinski definition) is 4. The molecule has 4 heteroatoms. The molecule has 0 amide bonds. The van der Waals surface area contributed by atoms with Crippen molar-refractivity contribution >= 4 is 5.82 Å². The third kappa shape index (κ3) is 2.02. The molecule has 2 heterocycles. The summed E-state index contributed by atoms with van der Waals surface area (Å²) in [5.41, 5.74) is 8.24. The highest BCUT2D eigenvalue weighted by atomic mass is 15.2. The van der Waals surface area contributed by atoms with Crippen molar-refractivity contribution in [3.05, 3.63) is 17.6 Å². The van der Waals surface area contributed by atoms with Crippen LogP contribution < -0.4 is 10.6 Å².